The van der Waals surface area contributed by atoms with Crippen molar-refractivity contribution in [1.82, 2.24) is 10.4 Å². The Kier molecular flexibility index (Phi) is 6.23. The van der Waals surface area contributed by atoms with Gasteiger partial charge in [0.25, 0.3) is 5.91 Å². The second kappa shape index (κ2) is 7.49. The van der Waals surface area contributed by atoms with E-state index in [1.165, 1.54) is 0 Å². The van der Waals surface area contributed by atoms with E-state index < -0.39 is 0 Å². The summed E-state index contributed by atoms with van der Waals surface area (Å²) in [6.07, 6.45) is 0. The second-order valence-corrected chi connectivity index (χ2v) is 3.93. The van der Waals surface area contributed by atoms with Gasteiger partial charge in [0.05, 0.1) is 0 Å². The Morgan fingerprint density at radius 1 is 1.12 bits per heavy atom. The molecule has 1 N–H and O–H groups in total. The number of carbonyl (C=O) groups is 1. The lowest BCUT2D eigenvalue weighted by atomic mass is 10.2. The molecule has 88 valence electrons. The van der Waals surface area contributed by atoms with Crippen LogP contribution in [0.25, 0.3) is 0 Å². The zero-order valence-corrected chi connectivity index (χ0v) is 10.3. The molecule has 0 aliphatic rings. The summed E-state index contributed by atoms with van der Waals surface area (Å²) in [6, 6.07) is 9.03. The summed E-state index contributed by atoms with van der Waals surface area (Å²) in [5, 5.41) is 1.72. The van der Waals surface area contributed by atoms with Gasteiger partial charge < -0.3 is 0 Å². The first-order valence-corrected chi connectivity index (χ1v) is 6.07. The lowest BCUT2D eigenvalue weighted by Crippen LogP contribution is -2.44. The van der Waals surface area contributed by atoms with Crippen LogP contribution in [0, 0.1) is 0 Å². The number of hydrogen-bond donors (Lipinski definition) is 1. The fourth-order valence-corrected chi connectivity index (χ4v) is 1.63. The highest BCUT2D eigenvalue weighted by molar-refractivity contribution is 6.18. The molecule has 0 fully saturated rings. The van der Waals surface area contributed by atoms with Crippen LogP contribution in [-0.2, 0) is 0 Å². The third-order valence-corrected chi connectivity index (χ3v) is 2.34. The first kappa shape index (κ1) is 13.3. The van der Waals surface area contributed by atoms with Crippen molar-refractivity contribution in [3.8, 4) is 0 Å². The summed E-state index contributed by atoms with van der Waals surface area (Å²) in [6.45, 7) is 1.15. The van der Waals surface area contributed by atoms with E-state index in [-0.39, 0.29) is 5.91 Å². The monoisotopic (exact) mass is 260 g/mol. The third-order valence-electron chi connectivity index (χ3n) is 2.00. The summed E-state index contributed by atoms with van der Waals surface area (Å²) < 4.78 is 0. The number of halogens is 2. The van der Waals surface area contributed by atoms with Crippen LogP contribution in [0.1, 0.15) is 10.4 Å². The molecule has 0 heterocycles. The summed E-state index contributed by atoms with van der Waals surface area (Å²) in [7, 11) is 0. The maximum absolute atomic E-state index is 11.8. The molecular formula is C11H14Cl2N2O. The number of nitrogens with one attached hydrogen (secondary N) is 1. The van der Waals surface area contributed by atoms with Gasteiger partial charge >= 0.3 is 0 Å². The van der Waals surface area contributed by atoms with E-state index in [0.717, 1.165) is 0 Å². The van der Waals surface area contributed by atoms with Crippen molar-refractivity contribution in [3.63, 3.8) is 0 Å². The zero-order chi connectivity index (χ0) is 11.8. The van der Waals surface area contributed by atoms with Gasteiger partial charge in [-0.05, 0) is 12.1 Å². The number of rotatable bonds is 6. The summed E-state index contributed by atoms with van der Waals surface area (Å²) >= 11 is 11.3. The molecule has 3 nitrogen and oxygen atoms in total. The Morgan fingerprint density at radius 2 is 1.69 bits per heavy atom. The van der Waals surface area contributed by atoms with Crippen LogP contribution in [-0.4, -0.2) is 35.8 Å². The van der Waals surface area contributed by atoms with E-state index >= 15 is 0 Å². The van der Waals surface area contributed by atoms with Gasteiger partial charge in [-0.3, -0.25) is 10.2 Å². The van der Waals surface area contributed by atoms with Crippen molar-refractivity contribution in [2.45, 2.75) is 0 Å². The summed E-state index contributed by atoms with van der Waals surface area (Å²) in [5.74, 6) is 0.758. The molecule has 0 saturated heterocycles. The van der Waals surface area contributed by atoms with E-state index in [4.69, 9.17) is 23.2 Å². The minimum Gasteiger partial charge on any atom is -0.285 e. The molecule has 0 saturated carbocycles. The molecule has 0 aliphatic carbocycles. The maximum atomic E-state index is 11.8. The van der Waals surface area contributed by atoms with Gasteiger partial charge in [0.15, 0.2) is 0 Å². The van der Waals surface area contributed by atoms with E-state index in [1.807, 2.05) is 18.2 Å². The van der Waals surface area contributed by atoms with E-state index in [9.17, 15) is 4.79 Å². The Morgan fingerprint density at radius 3 is 2.19 bits per heavy atom. The van der Waals surface area contributed by atoms with Crippen LogP contribution in [0.3, 0.4) is 0 Å². The highest BCUT2D eigenvalue weighted by Gasteiger charge is 2.09. The molecule has 0 atom stereocenters. The van der Waals surface area contributed by atoms with Crippen molar-refractivity contribution in [3.05, 3.63) is 35.9 Å². The summed E-state index contributed by atoms with van der Waals surface area (Å²) in [4.78, 5) is 11.8. The van der Waals surface area contributed by atoms with Gasteiger partial charge in [0, 0.05) is 30.4 Å². The van der Waals surface area contributed by atoms with Gasteiger partial charge in [-0.25, -0.2) is 5.01 Å². The minimum absolute atomic E-state index is 0.143. The van der Waals surface area contributed by atoms with Crippen LogP contribution in [0.5, 0.6) is 0 Å². The summed E-state index contributed by atoms with van der Waals surface area (Å²) in [5.41, 5.74) is 3.38. The lowest BCUT2D eigenvalue weighted by Gasteiger charge is -2.20. The standard InChI is InChI=1S/C11H14Cl2N2O/c12-6-8-15(9-7-13)14-11(16)10-4-2-1-3-5-10/h1-5H,6-9H2,(H,14,16). The number of carbonyl (C=O) groups excluding carboxylic acids is 1. The molecule has 0 radical (unpaired) electrons. The number of hydrogen-bond acceptors (Lipinski definition) is 2. The Hall–Kier alpha value is -0.770. The number of nitrogens with zero attached hydrogens (tertiary/aromatic N) is 1. The van der Waals surface area contributed by atoms with Gasteiger partial charge in [0.1, 0.15) is 0 Å². The normalized spacial score (nSPS) is 10.4. The second-order valence-electron chi connectivity index (χ2n) is 3.17. The predicted molar refractivity (Wildman–Crippen MR) is 66.9 cm³/mol. The zero-order valence-electron chi connectivity index (χ0n) is 8.83. The van der Waals surface area contributed by atoms with E-state index in [2.05, 4.69) is 5.43 Å². The molecule has 16 heavy (non-hydrogen) atoms. The predicted octanol–water partition coefficient (Wildman–Crippen LogP) is 2.11. The molecular weight excluding hydrogens is 247 g/mol. The number of amides is 1. The first-order valence-electron chi connectivity index (χ1n) is 5.01. The quantitative estimate of drug-likeness (QED) is 0.628. The van der Waals surface area contributed by atoms with Gasteiger partial charge in [-0.2, -0.15) is 0 Å². The van der Waals surface area contributed by atoms with Crippen molar-refractivity contribution in [2.75, 3.05) is 24.8 Å². The van der Waals surface area contributed by atoms with E-state index in [0.29, 0.717) is 30.4 Å². The largest absolute Gasteiger partial charge is 0.285 e. The highest BCUT2D eigenvalue weighted by Crippen LogP contribution is 1.99. The Bertz CT molecular complexity index is 313. The fourth-order valence-electron chi connectivity index (χ4n) is 1.23. The van der Waals surface area contributed by atoms with E-state index in [1.54, 1.807) is 17.1 Å². The molecule has 0 bridgehead atoms. The molecule has 1 aromatic rings. The average Bonchev–Trinajstić information content (AvgIpc) is 2.31. The van der Waals surface area contributed by atoms with Crippen molar-refractivity contribution < 1.29 is 4.79 Å². The van der Waals surface area contributed by atoms with Crippen molar-refractivity contribution >= 4 is 29.1 Å². The number of hydrazine groups is 1. The average molecular weight is 261 g/mol. The van der Waals surface area contributed by atoms with Crippen LogP contribution < -0.4 is 5.43 Å². The van der Waals surface area contributed by atoms with Gasteiger partial charge in [-0.15, -0.1) is 23.2 Å². The third kappa shape index (κ3) is 4.39. The Balaban J connectivity index is 2.54. The van der Waals surface area contributed by atoms with Crippen LogP contribution >= 0.6 is 23.2 Å². The minimum atomic E-state index is -0.143. The molecule has 5 heteroatoms. The van der Waals surface area contributed by atoms with Crippen molar-refractivity contribution in [2.24, 2.45) is 0 Å². The number of alkyl halides is 2. The molecule has 1 amide bonds. The molecule has 0 spiro atoms. The van der Waals surface area contributed by atoms with Crippen LogP contribution in [0.15, 0.2) is 30.3 Å². The molecule has 0 aromatic heterocycles. The maximum Gasteiger partial charge on any atom is 0.265 e. The topological polar surface area (TPSA) is 32.3 Å². The van der Waals surface area contributed by atoms with Gasteiger partial charge in [-0.1, -0.05) is 18.2 Å². The van der Waals surface area contributed by atoms with Crippen LogP contribution in [0.4, 0.5) is 0 Å². The molecule has 1 aromatic carbocycles. The smallest absolute Gasteiger partial charge is 0.265 e. The van der Waals surface area contributed by atoms with Crippen LogP contribution in [0.2, 0.25) is 0 Å². The van der Waals surface area contributed by atoms with Gasteiger partial charge in [0.2, 0.25) is 0 Å². The SMILES string of the molecule is O=C(NN(CCCl)CCCl)c1ccccc1. The highest BCUT2D eigenvalue weighted by atomic mass is 35.5. The van der Waals surface area contributed by atoms with Crippen molar-refractivity contribution in [1.29, 1.82) is 0 Å². The molecule has 1 rings (SSSR count). The fraction of sp³-hybridized carbons (Fsp3) is 0.364. The molecule has 0 aliphatic heterocycles. The Labute approximate surface area is 105 Å². The first-order chi connectivity index (χ1) is 7.77. The molecule has 0 unspecified atom stereocenters. The number of benzene rings is 1. The lowest BCUT2D eigenvalue weighted by molar-refractivity contribution is 0.0808.